The van der Waals surface area contributed by atoms with E-state index < -0.39 is 5.60 Å². The maximum Gasteiger partial charge on any atom is 0.323 e. The molecule has 0 bridgehead atoms. The summed E-state index contributed by atoms with van der Waals surface area (Å²) in [5, 5.41) is 6.84. The molecule has 0 aliphatic carbocycles. The highest BCUT2D eigenvalue weighted by Crippen LogP contribution is 2.15. The second-order valence-corrected chi connectivity index (χ2v) is 6.91. The third-order valence-electron chi connectivity index (χ3n) is 3.17. The Bertz CT molecular complexity index is 278. The summed E-state index contributed by atoms with van der Waals surface area (Å²) in [5.41, 5.74) is -0.415. The van der Waals surface area contributed by atoms with Crippen LogP contribution in [0.25, 0.3) is 0 Å². The van der Waals surface area contributed by atoms with Crippen LogP contribution in [0.3, 0.4) is 0 Å². The Kier molecular flexibility index (Phi) is 6.27. The minimum absolute atomic E-state index is 0.111. The Labute approximate surface area is 117 Å². The highest BCUT2D eigenvalue weighted by atomic mass is 16.6. The second-order valence-electron chi connectivity index (χ2n) is 6.91. The van der Waals surface area contributed by atoms with Crippen LogP contribution in [0, 0.1) is 5.92 Å². The summed E-state index contributed by atoms with van der Waals surface area (Å²) >= 11 is 0. The van der Waals surface area contributed by atoms with E-state index in [0.29, 0.717) is 12.0 Å². The zero-order valence-electron chi connectivity index (χ0n) is 13.1. The molecule has 112 valence electrons. The first-order chi connectivity index (χ1) is 8.78. The van der Waals surface area contributed by atoms with Crippen molar-refractivity contribution in [1.29, 1.82) is 0 Å². The molecule has 1 aliphatic rings. The van der Waals surface area contributed by atoms with Gasteiger partial charge in [0, 0.05) is 6.04 Å². The van der Waals surface area contributed by atoms with Gasteiger partial charge in [0.15, 0.2) is 0 Å². The lowest BCUT2D eigenvalue weighted by Crippen LogP contribution is -2.49. The molecule has 4 nitrogen and oxygen atoms in total. The van der Waals surface area contributed by atoms with Crippen LogP contribution >= 0.6 is 0 Å². The van der Waals surface area contributed by atoms with Crippen LogP contribution in [0.4, 0.5) is 0 Å². The maximum atomic E-state index is 12.3. The fourth-order valence-corrected chi connectivity index (χ4v) is 2.35. The van der Waals surface area contributed by atoms with Crippen molar-refractivity contribution in [2.24, 2.45) is 5.92 Å². The standard InChI is InChI=1S/C15H30N2O2/c1-11(2)10-13(14(18)19-15(3,4)5)17-12-6-8-16-9-7-12/h11-13,16-17H,6-10H2,1-5H3/t13-/m0/s1. The summed E-state index contributed by atoms with van der Waals surface area (Å²) in [5.74, 6) is 0.367. The number of ether oxygens (including phenoxy) is 1. The number of esters is 1. The van der Waals surface area contributed by atoms with E-state index >= 15 is 0 Å². The number of nitrogens with one attached hydrogen (secondary N) is 2. The first-order valence-corrected chi connectivity index (χ1v) is 7.47. The third kappa shape index (κ3) is 6.92. The first kappa shape index (κ1) is 16.4. The number of rotatable bonds is 5. The van der Waals surface area contributed by atoms with Crippen molar-refractivity contribution in [1.82, 2.24) is 10.6 Å². The fraction of sp³-hybridized carbons (Fsp3) is 0.933. The lowest BCUT2D eigenvalue weighted by molar-refractivity contribution is -0.158. The molecule has 0 spiro atoms. The van der Waals surface area contributed by atoms with Gasteiger partial charge < -0.3 is 15.4 Å². The molecular weight excluding hydrogens is 240 g/mol. The van der Waals surface area contributed by atoms with Gasteiger partial charge in [-0.25, -0.2) is 0 Å². The minimum Gasteiger partial charge on any atom is -0.459 e. The van der Waals surface area contributed by atoms with Crippen molar-refractivity contribution in [3.8, 4) is 0 Å². The summed E-state index contributed by atoms with van der Waals surface area (Å²) in [4.78, 5) is 12.3. The topological polar surface area (TPSA) is 50.4 Å². The van der Waals surface area contributed by atoms with E-state index in [2.05, 4.69) is 24.5 Å². The Hall–Kier alpha value is -0.610. The molecule has 0 radical (unpaired) electrons. The monoisotopic (exact) mass is 270 g/mol. The number of piperidine rings is 1. The van der Waals surface area contributed by atoms with E-state index in [1.807, 2.05) is 20.8 Å². The van der Waals surface area contributed by atoms with Crippen molar-refractivity contribution >= 4 is 5.97 Å². The Morgan fingerprint density at radius 3 is 2.37 bits per heavy atom. The second kappa shape index (κ2) is 7.25. The molecule has 1 aliphatic heterocycles. The molecule has 0 unspecified atom stereocenters. The van der Waals surface area contributed by atoms with Crippen LogP contribution in [0.2, 0.25) is 0 Å². The van der Waals surface area contributed by atoms with E-state index in [-0.39, 0.29) is 12.0 Å². The lowest BCUT2D eigenvalue weighted by atomic mass is 10.00. The Morgan fingerprint density at radius 2 is 1.89 bits per heavy atom. The van der Waals surface area contributed by atoms with Gasteiger partial charge in [-0.3, -0.25) is 4.79 Å². The van der Waals surface area contributed by atoms with Crippen molar-refractivity contribution in [3.05, 3.63) is 0 Å². The molecule has 0 aromatic heterocycles. The predicted molar refractivity (Wildman–Crippen MR) is 78.1 cm³/mol. The van der Waals surface area contributed by atoms with Gasteiger partial charge in [0.1, 0.15) is 11.6 Å². The smallest absolute Gasteiger partial charge is 0.323 e. The average molecular weight is 270 g/mol. The molecule has 0 aromatic carbocycles. The number of hydrogen-bond donors (Lipinski definition) is 2. The Balaban J connectivity index is 2.57. The van der Waals surface area contributed by atoms with Crippen molar-refractivity contribution < 1.29 is 9.53 Å². The molecule has 1 atom stereocenters. The average Bonchev–Trinajstić information content (AvgIpc) is 2.26. The summed E-state index contributed by atoms with van der Waals surface area (Å²) in [7, 11) is 0. The zero-order valence-corrected chi connectivity index (χ0v) is 13.1. The molecule has 1 heterocycles. The van der Waals surface area contributed by atoms with E-state index in [4.69, 9.17) is 4.74 Å². The molecule has 0 aromatic rings. The highest BCUT2D eigenvalue weighted by Gasteiger charge is 2.28. The largest absolute Gasteiger partial charge is 0.459 e. The Morgan fingerprint density at radius 1 is 1.32 bits per heavy atom. The van der Waals surface area contributed by atoms with Gasteiger partial charge in [-0.05, 0) is 59.0 Å². The maximum absolute atomic E-state index is 12.3. The molecular formula is C15H30N2O2. The normalized spacial score (nSPS) is 19.5. The van der Waals surface area contributed by atoms with Crippen LogP contribution in [0.15, 0.2) is 0 Å². The van der Waals surface area contributed by atoms with Crippen molar-refractivity contribution in [2.75, 3.05) is 13.1 Å². The van der Waals surface area contributed by atoms with Crippen molar-refractivity contribution in [3.63, 3.8) is 0 Å². The fourth-order valence-electron chi connectivity index (χ4n) is 2.35. The molecule has 4 heteroatoms. The van der Waals surface area contributed by atoms with E-state index in [1.54, 1.807) is 0 Å². The predicted octanol–water partition coefficient (Wildman–Crippen LogP) is 2.08. The van der Waals surface area contributed by atoms with E-state index in [1.165, 1.54) is 0 Å². The molecule has 1 fully saturated rings. The van der Waals surface area contributed by atoms with Gasteiger partial charge in [-0.15, -0.1) is 0 Å². The van der Waals surface area contributed by atoms with Gasteiger partial charge in [0.05, 0.1) is 0 Å². The molecule has 0 saturated carbocycles. The van der Waals surface area contributed by atoms with Crippen LogP contribution in [-0.2, 0) is 9.53 Å². The van der Waals surface area contributed by atoms with Gasteiger partial charge in [-0.2, -0.15) is 0 Å². The van der Waals surface area contributed by atoms with Crippen molar-refractivity contribution in [2.45, 2.75) is 71.6 Å². The first-order valence-electron chi connectivity index (χ1n) is 7.47. The molecule has 2 N–H and O–H groups in total. The van der Waals surface area contributed by atoms with Gasteiger partial charge in [0.25, 0.3) is 0 Å². The molecule has 1 rings (SSSR count). The van der Waals surface area contributed by atoms with Gasteiger partial charge in [0.2, 0.25) is 0 Å². The molecule has 1 saturated heterocycles. The summed E-state index contributed by atoms with van der Waals surface area (Å²) < 4.78 is 5.53. The van der Waals surface area contributed by atoms with Gasteiger partial charge >= 0.3 is 5.97 Å². The SMILES string of the molecule is CC(C)C[C@H](NC1CCNCC1)C(=O)OC(C)(C)C. The van der Waals surface area contributed by atoms with Crippen LogP contribution in [-0.4, -0.2) is 36.7 Å². The van der Waals surface area contributed by atoms with E-state index in [9.17, 15) is 4.79 Å². The summed E-state index contributed by atoms with van der Waals surface area (Å²) in [6.07, 6.45) is 2.99. The molecule has 19 heavy (non-hydrogen) atoms. The van der Waals surface area contributed by atoms with Crippen LogP contribution in [0.1, 0.15) is 53.9 Å². The number of hydrogen-bond acceptors (Lipinski definition) is 4. The van der Waals surface area contributed by atoms with Gasteiger partial charge in [-0.1, -0.05) is 13.8 Å². The summed E-state index contributed by atoms with van der Waals surface area (Å²) in [6.45, 7) is 12.1. The lowest BCUT2D eigenvalue weighted by Gasteiger charge is -2.30. The van der Waals surface area contributed by atoms with Crippen LogP contribution < -0.4 is 10.6 Å². The van der Waals surface area contributed by atoms with Crippen LogP contribution in [0.5, 0.6) is 0 Å². The molecule has 0 amide bonds. The quantitative estimate of drug-likeness (QED) is 0.751. The number of carbonyl (C=O) groups is 1. The third-order valence-corrected chi connectivity index (χ3v) is 3.17. The summed E-state index contributed by atoms with van der Waals surface area (Å²) in [6, 6.07) is 0.250. The zero-order chi connectivity index (χ0) is 14.5. The highest BCUT2D eigenvalue weighted by molar-refractivity contribution is 5.76. The minimum atomic E-state index is -0.415. The van der Waals surface area contributed by atoms with E-state index in [0.717, 1.165) is 32.4 Å². The number of carbonyl (C=O) groups excluding carboxylic acids is 1.